The zero-order valence-electron chi connectivity index (χ0n) is 19.0. The molecular weight excluding hydrogens is 350 g/mol. The Bertz CT molecular complexity index is 238. The Morgan fingerprint density at radius 2 is 0.929 bits per heavy atom. The van der Waals surface area contributed by atoms with Gasteiger partial charge < -0.3 is 19.9 Å². The molecule has 0 unspecified atom stereocenters. The number of ether oxygens (including phenoxy) is 2. The molecule has 4 nitrogen and oxygen atoms in total. The van der Waals surface area contributed by atoms with Gasteiger partial charge in [0, 0.05) is 6.54 Å². The summed E-state index contributed by atoms with van der Waals surface area (Å²) in [4.78, 5) is 0. The van der Waals surface area contributed by atoms with Gasteiger partial charge in [-0.25, -0.2) is 0 Å². The molecule has 2 N–H and O–H groups in total. The van der Waals surface area contributed by atoms with Gasteiger partial charge in [0.2, 0.25) is 0 Å². The Labute approximate surface area is 176 Å². The van der Waals surface area contributed by atoms with E-state index in [9.17, 15) is 0 Å². The van der Waals surface area contributed by atoms with E-state index in [4.69, 9.17) is 14.6 Å². The molecule has 0 fully saturated rings. The molecule has 170 valence electrons. The van der Waals surface area contributed by atoms with Crippen molar-refractivity contribution in [2.45, 2.75) is 110 Å². The van der Waals surface area contributed by atoms with Crippen molar-refractivity contribution in [3.63, 3.8) is 0 Å². The number of rotatable bonds is 25. The molecule has 0 heterocycles. The van der Waals surface area contributed by atoms with Crippen molar-refractivity contribution in [3.8, 4) is 0 Å². The van der Waals surface area contributed by atoms with Crippen LogP contribution in [0.25, 0.3) is 0 Å². The van der Waals surface area contributed by atoms with Crippen LogP contribution in [0.15, 0.2) is 0 Å². The van der Waals surface area contributed by atoms with Gasteiger partial charge in [-0.15, -0.1) is 0 Å². The van der Waals surface area contributed by atoms with E-state index in [0.717, 1.165) is 19.7 Å². The second kappa shape index (κ2) is 26.8. The summed E-state index contributed by atoms with van der Waals surface area (Å²) in [5.41, 5.74) is 0. The van der Waals surface area contributed by atoms with Crippen molar-refractivity contribution >= 4 is 0 Å². The molecule has 28 heavy (non-hydrogen) atoms. The van der Waals surface area contributed by atoms with Gasteiger partial charge in [-0.05, 0) is 13.0 Å². The molecule has 0 aliphatic rings. The lowest BCUT2D eigenvalue weighted by atomic mass is 10.0. The van der Waals surface area contributed by atoms with Crippen LogP contribution in [0, 0.1) is 0 Å². The van der Waals surface area contributed by atoms with Crippen LogP contribution >= 0.6 is 0 Å². The van der Waals surface area contributed by atoms with Crippen molar-refractivity contribution in [2.24, 2.45) is 0 Å². The van der Waals surface area contributed by atoms with Gasteiger partial charge in [0.25, 0.3) is 0 Å². The highest BCUT2D eigenvalue weighted by atomic mass is 16.5. The summed E-state index contributed by atoms with van der Waals surface area (Å²) in [6.45, 7) is 6.71. The van der Waals surface area contributed by atoms with Crippen molar-refractivity contribution in [2.75, 3.05) is 46.1 Å². The molecule has 0 amide bonds. The summed E-state index contributed by atoms with van der Waals surface area (Å²) in [5.74, 6) is 0. The van der Waals surface area contributed by atoms with Gasteiger partial charge in [-0.3, -0.25) is 0 Å². The molecular formula is C24H51NO3. The van der Waals surface area contributed by atoms with Crippen molar-refractivity contribution in [1.29, 1.82) is 0 Å². The lowest BCUT2D eigenvalue weighted by Gasteiger charge is -2.07. The summed E-state index contributed by atoms with van der Waals surface area (Å²) in [6, 6.07) is 0. The summed E-state index contributed by atoms with van der Waals surface area (Å²) in [6.07, 6.45) is 22.7. The highest BCUT2D eigenvalue weighted by Gasteiger charge is 1.95. The van der Waals surface area contributed by atoms with E-state index in [1.807, 2.05) is 0 Å². The Morgan fingerprint density at radius 3 is 1.39 bits per heavy atom. The molecule has 0 rings (SSSR count). The standard InChI is InChI=1S/C24H51NO3/c1-2-3-4-5-6-7-8-9-10-11-12-13-14-15-16-17-18-25-19-21-27-23-24-28-22-20-26/h25-26H,2-24H2,1H3. The molecule has 0 aliphatic heterocycles. The second-order valence-electron chi connectivity index (χ2n) is 8.00. The monoisotopic (exact) mass is 401 g/mol. The molecule has 0 radical (unpaired) electrons. The lowest BCUT2D eigenvalue weighted by molar-refractivity contribution is 0.0340. The van der Waals surface area contributed by atoms with Crippen LogP contribution in [0.3, 0.4) is 0 Å². The average Bonchev–Trinajstić information content (AvgIpc) is 2.71. The minimum Gasteiger partial charge on any atom is -0.394 e. The van der Waals surface area contributed by atoms with E-state index in [1.54, 1.807) is 0 Å². The van der Waals surface area contributed by atoms with Crippen molar-refractivity contribution < 1.29 is 14.6 Å². The normalized spacial score (nSPS) is 11.4. The van der Waals surface area contributed by atoms with Crippen LogP contribution < -0.4 is 5.32 Å². The van der Waals surface area contributed by atoms with Crippen LogP contribution in [0.2, 0.25) is 0 Å². The summed E-state index contributed by atoms with van der Waals surface area (Å²) < 4.78 is 10.6. The Balaban J connectivity index is 2.96. The molecule has 0 bridgehead atoms. The van der Waals surface area contributed by atoms with Crippen LogP contribution in [0.1, 0.15) is 110 Å². The van der Waals surface area contributed by atoms with Crippen LogP contribution in [-0.4, -0.2) is 51.2 Å². The van der Waals surface area contributed by atoms with Gasteiger partial charge in [-0.2, -0.15) is 0 Å². The molecule has 0 saturated carbocycles. The summed E-state index contributed by atoms with van der Waals surface area (Å²) in [5, 5.41) is 12.0. The predicted molar refractivity (Wildman–Crippen MR) is 121 cm³/mol. The quantitative estimate of drug-likeness (QED) is 0.188. The molecule has 0 aromatic rings. The number of hydrogen-bond acceptors (Lipinski definition) is 4. The van der Waals surface area contributed by atoms with Gasteiger partial charge in [-0.1, -0.05) is 103 Å². The van der Waals surface area contributed by atoms with Crippen LogP contribution in [-0.2, 0) is 9.47 Å². The van der Waals surface area contributed by atoms with E-state index < -0.39 is 0 Å². The number of aliphatic hydroxyl groups excluding tert-OH is 1. The summed E-state index contributed by atoms with van der Waals surface area (Å²) >= 11 is 0. The second-order valence-corrected chi connectivity index (χ2v) is 8.00. The zero-order valence-corrected chi connectivity index (χ0v) is 19.0. The Kier molecular flexibility index (Phi) is 26.7. The number of aliphatic hydroxyl groups is 1. The van der Waals surface area contributed by atoms with Crippen molar-refractivity contribution in [3.05, 3.63) is 0 Å². The Morgan fingerprint density at radius 1 is 0.500 bits per heavy atom. The fraction of sp³-hybridized carbons (Fsp3) is 1.00. The number of unbranched alkanes of at least 4 members (excludes halogenated alkanes) is 15. The van der Waals surface area contributed by atoms with E-state index in [2.05, 4.69) is 12.2 Å². The minimum atomic E-state index is 0.0842. The molecule has 0 saturated heterocycles. The lowest BCUT2D eigenvalue weighted by Crippen LogP contribution is -2.21. The third-order valence-electron chi connectivity index (χ3n) is 5.24. The molecule has 0 atom stereocenters. The molecule has 0 aromatic heterocycles. The third-order valence-corrected chi connectivity index (χ3v) is 5.24. The van der Waals surface area contributed by atoms with Gasteiger partial charge >= 0.3 is 0 Å². The van der Waals surface area contributed by atoms with Crippen molar-refractivity contribution in [1.82, 2.24) is 5.32 Å². The number of hydrogen-bond donors (Lipinski definition) is 2. The minimum absolute atomic E-state index is 0.0842. The maximum atomic E-state index is 8.57. The predicted octanol–water partition coefficient (Wildman–Crippen LogP) is 5.86. The van der Waals surface area contributed by atoms with Gasteiger partial charge in [0.15, 0.2) is 0 Å². The average molecular weight is 402 g/mol. The number of nitrogens with one attached hydrogen (secondary N) is 1. The van der Waals surface area contributed by atoms with E-state index in [1.165, 1.54) is 103 Å². The maximum Gasteiger partial charge on any atom is 0.0701 e. The first-order valence-electron chi connectivity index (χ1n) is 12.4. The first kappa shape index (κ1) is 27.8. The highest BCUT2D eigenvalue weighted by Crippen LogP contribution is 2.13. The Hall–Kier alpha value is -0.160. The van der Waals surface area contributed by atoms with Crippen LogP contribution in [0.4, 0.5) is 0 Å². The van der Waals surface area contributed by atoms with Crippen LogP contribution in [0.5, 0.6) is 0 Å². The summed E-state index contributed by atoms with van der Waals surface area (Å²) in [7, 11) is 0. The largest absolute Gasteiger partial charge is 0.394 e. The molecule has 0 spiro atoms. The smallest absolute Gasteiger partial charge is 0.0701 e. The van der Waals surface area contributed by atoms with E-state index >= 15 is 0 Å². The topological polar surface area (TPSA) is 50.7 Å². The maximum absolute atomic E-state index is 8.57. The highest BCUT2D eigenvalue weighted by molar-refractivity contribution is 4.51. The SMILES string of the molecule is CCCCCCCCCCCCCCCCCCNCCOCCOCCO. The zero-order chi connectivity index (χ0) is 20.4. The van der Waals surface area contributed by atoms with E-state index in [0.29, 0.717) is 19.8 Å². The first-order valence-corrected chi connectivity index (χ1v) is 12.4. The molecule has 0 aliphatic carbocycles. The van der Waals surface area contributed by atoms with E-state index in [-0.39, 0.29) is 6.61 Å². The van der Waals surface area contributed by atoms with Gasteiger partial charge in [0.1, 0.15) is 0 Å². The molecule has 4 heteroatoms. The fourth-order valence-corrected chi connectivity index (χ4v) is 3.45. The third kappa shape index (κ3) is 25.8. The van der Waals surface area contributed by atoms with Gasteiger partial charge in [0.05, 0.1) is 33.0 Å². The first-order chi connectivity index (χ1) is 13.9. The fourth-order valence-electron chi connectivity index (χ4n) is 3.45. The molecule has 0 aromatic carbocycles.